The number of ether oxygens (including phenoxy) is 1. The summed E-state index contributed by atoms with van der Waals surface area (Å²) in [6.45, 7) is 0.0439. The van der Waals surface area contributed by atoms with Gasteiger partial charge in [0.1, 0.15) is 6.10 Å². The number of hydrogen-bond donors (Lipinski definition) is 1. The van der Waals surface area contributed by atoms with Gasteiger partial charge >= 0.3 is 6.18 Å². The Bertz CT molecular complexity index is 1440. The van der Waals surface area contributed by atoms with E-state index in [0.29, 0.717) is 18.7 Å². The van der Waals surface area contributed by atoms with E-state index < -0.39 is 23.2 Å². The Hall–Kier alpha value is -4.03. The topological polar surface area (TPSA) is 107 Å². The number of piperidine rings is 1. The Balaban J connectivity index is 1.45. The molecule has 12 heteroatoms. The van der Waals surface area contributed by atoms with Crippen LogP contribution in [0.3, 0.4) is 0 Å². The molecule has 3 heterocycles. The van der Waals surface area contributed by atoms with E-state index in [1.807, 2.05) is 18.2 Å². The molecule has 2 aromatic carbocycles. The second-order valence-electron chi connectivity index (χ2n) is 9.61. The Morgan fingerprint density at radius 1 is 1.10 bits per heavy atom. The monoisotopic (exact) mass is 541 g/mol. The number of likely N-dealkylation sites (tertiary alicyclic amines) is 1. The molecule has 0 bridgehead atoms. The van der Waals surface area contributed by atoms with Gasteiger partial charge in [0.15, 0.2) is 0 Å². The number of alkyl halides is 3. The van der Waals surface area contributed by atoms with Crippen molar-refractivity contribution in [2.45, 2.75) is 37.3 Å². The molecule has 0 spiro atoms. The highest BCUT2D eigenvalue weighted by Crippen LogP contribution is 2.44. The maximum atomic E-state index is 14.6. The molecule has 0 saturated carbocycles. The number of aliphatic hydroxyl groups is 1. The number of aromatic nitrogens is 3. The lowest BCUT2D eigenvalue weighted by Crippen LogP contribution is -2.53. The third kappa shape index (κ3) is 5.57. The van der Waals surface area contributed by atoms with E-state index in [4.69, 9.17) is 4.74 Å². The van der Waals surface area contributed by atoms with E-state index in [2.05, 4.69) is 9.97 Å². The largest absolute Gasteiger partial charge is 0.473 e. The SMILES string of the molecule is O=[N+]([O-])c1ccc2c(C(O)(CN3CCC(Oc4cnccn4)CC3)C(F)(F)F)cn(Cc3ccccc3)c2c1. The van der Waals surface area contributed by atoms with Crippen LogP contribution in [0.4, 0.5) is 18.9 Å². The van der Waals surface area contributed by atoms with Gasteiger partial charge in [-0.1, -0.05) is 30.3 Å². The third-order valence-corrected chi connectivity index (χ3v) is 7.00. The van der Waals surface area contributed by atoms with Gasteiger partial charge in [0.2, 0.25) is 11.5 Å². The number of fused-ring (bicyclic) bond motifs is 1. The number of β-amino-alcohol motifs (C(OH)–C–C–N with tert-alkyl or cyclic N) is 1. The van der Waals surface area contributed by atoms with Crippen molar-refractivity contribution in [3.05, 3.63) is 94.6 Å². The van der Waals surface area contributed by atoms with Crippen LogP contribution in [0.15, 0.2) is 73.3 Å². The number of non-ortho nitro benzene ring substituents is 1. The predicted molar refractivity (Wildman–Crippen MR) is 136 cm³/mol. The lowest BCUT2D eigenvalue weighted by Gasteiger charge is -2.38. The Kier molecular flexibility index (Phi) is 7.23. The Labute approximate surface area is 221 Å². The fraction of sp³-hybridized carbons (Fsp3) is 0.333. The normalized spacial score (nSPS) is 16.7. The number of halogens is 3. The minimum absolute atomic E-state index is 0.109. The summed E-state index contributed by atoms with van der Waals surface area (Å²) in [5.41, 5.74) is -2.76. The second-order valence-corrected chi connectivity index (χ2v) is 9.61. The first-order chi connectivity index (χ1) is 18.6. The molecule has 0 aliphatic carbocycles. The molecule has 0 radical (unpaired) electrons. The van der Waals surface area contributed by atoms with Crippen molar-refractivity contribution in [1.82, 2.24) is 19.4 Å². The molecule has 1 fully saturated rings. The maximum Gasteiger partial charge on any atom is 0.422 e. The first-order valence-electron chi connectivity index (χ1n) is 12.4. The van der Waals surface area contributed by atoms with E-state index in [1.165, 1.54) is 41.5 Å². The molecule has 1 unspecified atom stereocenters. The predicted octanol–water partition coefficient (Wildman–Crippen LogP) is 4.68. The lowest BCUT2D eigenvalue weighted by atomic mass is 9.91. The molecule has 9 nitrogen and oxygen atoms in total. The molecule has 0 amide bonds. The van der Waals surface area contributed by atoms with Gasteiger partial charge in [-0.3, -0.25) is 20.0 Å². The molecule has 39 heavy (non-hydrogen) atoms. The van der Waals surface area contributed by atoms with E-state index in [-0.39, 0.29) is 47.9 Å². The van der Waals surface area contributed by atoms with Gasteiger partial charge < -0.3 is 14.4 Å². The van der Waals surface area contributed by atoms with Crippen LogP contribution in [0.1, 0.15) is 24.0 Å². The summed E-state index contributed by atoms with van der Waals surface area (Å²) in [5, 5.41) is 22.9. The molecule has 1 aliphatic heterocycles. The summed E-state index contributed by atoms with van der Waals surface area (Å²) in [6, 6.07) is 12.7. The van der Waals surface area contributed by atoms with Gasteiger partial charge in [0.05, 0.1) is 16.6 Å². The van der Waals surface area contributed by atoms with Crippen LogP contribution < -0.4 is 4.74 Å². The Morgan fingerprint density at radius 2 is 1.85 bits per heavy atom. The zero-order valence-electron chi connectivity index (χ0n) is 20.8. The van der Waals surface area contributed by atoms with Crippen molar-refractivity contribution in [3.63, 3.8) is 0 Å². The molecule has 1 saturated heterocycles. The number of benzene rings is 2. The van der Waals surface area contributed by atoms with Crippen molar-refractivity contribution in [2.24, 2.45) is 0 Å². The molecule has 1 aliphatic rings. The number of nitrogens with zero attached hydrogens (tertiary/aromatic N) is 5. The van der Waals surface area contributed by atoms with Gasteiger partial charge in [0, 0.05) is 67.9 Å². The average Bonchev–Trinajstić information content (AvgIpc) is 3.28. The third-order valence-electron chi connectivity index (χ3n) is 7.00. The summed E-state index contributed by atoms with van der Waals surface area (Å²) in [7, 11) is 0. The van der Waals surface area contributed by atoms with E-state index >= 15 is 0 Å². The number of hydrogen-bond acceptors (Lipinski definition) is 7. The summed E-state index contributed by atoms with van der Waals surface area (Å²) in [6.07, 6.45) is 1.42. The van der Waals surface area contributed by atoms with Crippen LogP contribution in [0.25, 0.3) is 10.9 Å². The van der Waals surface area contributed by atoms with Crippen molar-refractivity contribution in [3.8, 4) is 5.88 Å². The molecule has 1 atom stereocenters. The number of nitro benzene ring substituents is 1. The minimum Gasteiger partial charge on any atom is -0.473 e. The highest BCUT2D eigenvalue weighted by molar-refractivity contribution is 5.87. The van der Waals surface area contributed by atoms with Gasteiger partial charge in [0.25, 0.3) is 5.69 Å². The van der Waals surface area contributed by atoms with Crippen LogP contribution >= 0.6 is 0 Å². The molecule has 2 aromatic heterocycles. The quantitative estimate of drug-likeness (QED) is 0.255. The van der Waals surface area contributed by atoms with Crippen molar-refractivity contribution in [1.29, 1.82) is 0 Å². The zero-order valence-corrected chi connectivity index (χ0v) is 20.8. The average molecular weight is 542 g/mol. The van der Waals surface area contributed by atoms with Crippen LogP contribution in [0.2, 0.25) is 0 Å². The molecule has 1 N–H and O–H groups in total. The summed E-state index contributed by atoms with van der Waals surface area (Å²) in [4.78, 5) is 20.4. The lowest BCUT2D eigenvalue weighted by molar-refractivity contribution is -0.384. The summed E-state index contributed by atoms with van der Waals surface area (Å²) < 4.78 is 51.2. The Morgan fingerprint density at radius 3 is 2.49 bits per heavy atom. The van der Waals surface area contributed by atoms with Gasteiger partial charge in [-0.05, 0) is 24.5 Å². The smallest absolute Gasteiger partial charge is 0.422 e. The first kappa shape index (κ1) is 26.6. The highest BCUT2D eigenvalue weighted by Gasteiger charge is 2.57. The van der Waals surface area contributed by atoms with Crippen molar-refractivity contribution < 1.29 is 27.9 Å². The van der Waals surface area contributed by atoms with Gasteiger partial charge in [-0.2, -0.15) is 13.2 Å². The summed E-state index contributed by atoms with van der Waals surface area (Å²) >= 11 is 0. The summed E-state index contributed by atoms with van der Waals surface area (Å²) in [5.74, 6) is 0.350. The van der Waals surface area contributed by atoms with Crippen LogP contribution in [0, 0.1) is 10.1 Å². The van der Waals surface area contributed by atoms with E-state index in [0.717, 1.165) is 11.6 Å². The first-order valence-corrected chi connectivity index (χ1v) is 12.4. The minimum atomic E-state index is -5.01. The van der Waals surface area contributed by atoms with Crippen LogP contribution in [0.5, 0.6) is 5.88 Å². The maximum absolute atomic E-state index is 14.6. The van der Waals surface area contributed by atoms with Crippen LogP contribution in [-0.4, -0.2) is 61.4 Å². The molecule has 5 rings (SSSR count). The van der Waals surface area contributed by atoms with Crippen molar-refractivity contribution >= 4 is 16.6 Å². The fourth-order valence-corrected chi connectivity index (χ4v) is 4.99. The number of nitro groups is 1. The molecule has 4 aromatic rings. The highest BCUT2D eigenvalue weighted by atomic mass is 19.4. The van der Waals surface area contributed by atoms with Gasteiger partial charge in [-0.25, -0.2) is 4.98 Å². The van der Waals surface area contributed by atoms with E-state index in [9.17, 15) is 28.4 Å². The standard InChI is InChI=1S/C27H26F3N5O4/c28-27(29,30)26(36,18-33-12-8-21(9-13-33)39-25-15-31-10-11-32-25)23-17-34(16-19-4-2-1-3-5-19)24-14-20(35(37)38)6-7-22(23)24/h1-7,10-11,14-15,17,21,36H,8-9,12-13,16,18H2. The van der Waals surface area contributed by atoms with Gasteiger partial charge in [-0.15, -0.1) is 0 Å². The van der Waals surface area contributed by atoms with E-state index in [1.54, 1.807) is 17.0 Å². The second kappa shape index (κ2) is 10.6. The van der Waals surface area contributed by atoms with Crippen LogP contribution in [-0.2, 0) is 12.1 Å². The molecular formula is C27H26F3N5O4. The molecular weight excluding hydrogens is 515 g/mol. The fourth-order valence-electron chi connectivity index (χ4n) is 4.99. The van der Waals surface area contributed by atoms with Crippen molar-refractivity contribution in [2.75, 3.05) is 19.6 Å². The molecule has 204 valence electrons. The number of rotatable bonds is 8. The zero-order chi connectivity index (χ0) is 27.6.